The fourth-order valence-electron chi connectivity index (χ4n) is 9.94. The molecule has 0 aliphatic rings. The van der Waals surface area contributed by atoms with Crippen molar-refractivity contribution in [3.05, 3.63) is 222 Å². The molecule has 12 aromatic rings. The third kappa shape index (κ3) is 40.2. The Morgan fingerprint density at radius 2 is 0.692 bits per heavy atom. The number of methoxy groups -OCH3 is 2. The van der Waals surface area contributed by atoms with E-state index < -0.39 is 11.9 Å². The number of hydrogen-bond acceptors (Lipinski definition) is 28. The summed E-state index contributed by atoms with van der Waals surface area (Å²) in [6.07, 6.45) is -1.11. The molecule has 0 saturated heterocycles. The standard InChI is InChI=1S/C18H13N2O5.C18H13N2O4.C16H13N2O2.C16H13N2O.4C5H12O2.4Ir/c1-11(21)23-15-7-3-13(4-8-15)17-19-20-18(25-17)14-5-9-16(10-6-14)24-12(2)22;1-11(21)12-3-5-13(6-4-12)16-19-20-17(24-16)14-7-9-15(10-8-14)18(22)23-2;1-11-3-5-12(6-4-11)15-17-18-16(20-15)13-7-9-14(19-2)10-8-13;1-11-7-3-5-9-13(11)15-17-18-16(19-15)14-10-6-4-8-12(14)2;4*1-4(6)3-5(2)7;;;;/h3-5,7-10H,1-2H3;3-7,9-10H,1-2H3;3-7,9-10H,1-2H3;3-9H,1-2H3;4*4-7H,3H2,1-2H3;;;;/q4*-1;;;;;;;;. The van der Waals surface area contributed by atoms with Gasteiger partial charge in [0.05, 0.1) is 63.1 Å². The van der Waals surface area contributed by atoms with E-state index in [2.05, 4.69) is 69.8 Å². The topological polar surface area (TPSA) is 423 Å². The van der Waals surface area contributed by atoms with Crippen LogP contribution < -0.4 is 14.2 Å². The number of hydrogen-bond donors (Lipinski definition) is 8. The maximum Gasteiger partial charge on any atom is 0.308 e. The molecule has 4 heterocycles. The van der Waals surface area contributed by atoms with Gasteiger partial charge < -0.3 is 77.5 Å². The zero-order chi connectivity index (χ0) is 85.6. The van der Waals surface area contributed by atoms with Crippen LogP contribution in [0.15, 0.2) is 188 Å². The van der Waals surface area contributed by atoms with E-state index in [9.17, 15) is 19.2 Å². The van der Waals surface area contributed by atoms with Crippen molar-refractivity contribution in [3.63, 3.8) is 0 Å². The van der Waals surface area contributed by atoms with E-state index in [1.807, 2.05) is 99.6 Å². The van der Waals surface area contributed by atoms with E-state index in [4.69, 9.17) is 72.7 Å². The largest absolute Gasteiger partial charge is 0.540 e. The van der Waals surface area contributed by atoms with Crippen molar-refractivity contribution >= 4 is 23.7 Å². The average molecular weight is 2360 g/mol. The number of rotatable bonds is 21. The van der Waals surface area contributed by atoms with Crippen molar-refractivity contribution in [2.24, 2.45) is 0 Å². The maximum atomic E-state index is 11.4. The van der Waals surface area contributed by atoms with Gasteiger partial charge in [-0.1, -0.05) is 77.2 Å². The molecule has 120 heavy (non-hydrogen) atoms. The molecule has 32 heteroatoms. The number of nitrogens with zero attached hydrogens (tertiary/aromatic N) is 8. The maximum absolute atomic E-state index is 11.4. The summed E-state index contributed by atoms with van der Waals surface area (Å²) in [5, 5.41) is 101. The van der Waals surface area contributed by atoms with E-state index in [0.717, 1.165) is 39.1 Å². The normalized spacial score (nSPS) is 12.1. The second kappa shape index (κ2) is 56.9. The van der Waals surface area contributed by atoms with E-state index in [0.29, 0.717) is 106 Å². The van der Waals surface area contributed by atoms with Crippen molar-refractivity contribution in [1.82, 2.24) is 40.8 Å². The van der Waals surface area contributed by atoms with Gasteiger partial charge in [0.2, 0.25) is 23.6 Å². The number of esters is 3. The van der Waals surface area contributed by atoms with Crippen molar-refractivity contribution in [1.29, 1.82) is 0 Å². The molecule has 0 bridgehead atoms. The van der Waals surface area contributed by atoms with Crippen molar-refractivity contribution < 1.29 is 177 Å². The summed E-state index contributed by atoms with van der Waals surface area (Å²) in [4.78, 5) is 44.5. The Morgan fingerprint density at radius 1 is 0.358 bits per heavy atom. The van der Waals surface area contributed by atoms with Gasteiger partial charge in [0.1, 0.15) is 5.75 Å². The Morgan fingerprint density at radius 3 is 1.04 bits per heavy atom. The molecule has 4 radical (unpaired) electrons. The monoisotopic (exact) mass is 2360 g/mol. The van der Waals surface area contributed by atoms with Crippen LogP contribution in [0.1, 0.15) is 139 Å². The molecule has 28 nitrogen and oxygen atoms in total. The molecule has 0 aliphatic heterocycles. The molecular formula is C88H100Ir4N8O20-4. The minimum absolute atomic E-state index is 0. The Bertz CT molecular complexity index is 4670. The molecule has 8 N–H and O–H groups in total. The Hall–Kier alpha value is -9.52. The molecule has 12 rings (SSSR count). The summed E-state index contributed by atoms with van der Waals surface area (Å²) in [6, 6.07) is 62.3. The van der Waals surface area contributed by atoms with Crippen molar-refractivity contribution in [2.45, 2.75) is 171 Å². The molecule has 0 saturated carbocycles. The summed E-state index contributed by atoms with van der Waals surface area (Å²) in [7, 11) is 2.93. The predicted octanol–water partition coefficient (Wildman–Crippen LogP) is 14.1. The first-order chi connectivity index (χ1) is 55.1. The fraction of sp³-hybridized carbons (Fsp3) is 0.318. The van der Waals surface area contributed by atoms with Gasteiger partial charge in [-0.05, 0) is 168 Å². The number of aliphatic hydroxyl groups excluding tert-OH is 8. The molecular weight excluding hydrogens is 2260 g/mol. The van der Waals surface area contributed by atoms with Gasteiger partial charge in [0, 0.05) is 134 Å². The van der Waals surface area contributed by atoms with E-state index in [-0.39, 0.29) is 153 Å². The van der Waals surface area contributed by atoms with Crippen LogP contribution in [0.2, 0.25) is 0 Å². The first kappa shape index (κ1) is 108. The zero-order valence-electron chi connectivity index (χ0n) is 69.0. The fourth-order valence-corrected chi connectivity index (χ4v) is 9.94. The van der Waals surface area contributed by atoms with Crippen LogP contribution in [0.3, 0.4) is 0 Å². The number of aryl methyl sites for hydroxylation is 3. The summed E-state index contributed by atoms with van der Waals surface area (Å²) in [6.45, 7) is 23.5. The minimum atomic E-state index is -0.436. The van der Waals surface area contributed by atoms with E-state index in [1.165, 1.54) is 45.6 Å². The quantitative estimate of drug-likeness (QED) is 0.0143. The third-order valence-corrected chi connectivity index (χ3v) is 15.3. The molecule has 0 spiro atoms. The zero-order valence-corrected chi connectivity index (χ0v) is 78.6. The molecule has 4 aromatic heterocycles. The number of carbonyl (C=O) groups excluding carboxylic acids is 4. The van der Waals surface area contributed by atoms with E-state index >= 15 is 0 Å². The van der Waals surface area contributed by atoms with Crippen LogP contribution in [-0.4, -0.2) is 168 Å². The molecule has 0 fully saturated rings. The molecule has 8 atom stereocenters. The smallest absolute Gasteiger partial charge is 0.308 e. The summed E-state index contributed by atoms with van der Waals surface area (Å²) in [5.41, 5.74) is 10.4. The molecule has 0 aliphatic carbocycles. The van der Waals surface area contributed by atoms with Crippen LogP contribution in [-0.2, 0) is 94.7 Å². The van der Waals surface area contributed by atoms with Gasteiger partial charge in [0.15, 0.2) is 29.3 Å². The molecule has 8 aromatic carbocycles. The summed E-state index contributed by atoms with van der Waals surface area (Å²) >= 11 is 0. The predicted molar refractivity (Wildman–Crippen MR) is 433 cm³/mol. The van der Waals surface area contributed by atoms with Crippen LogP contribution >= 0.6 is 0 Å². The Kier molecular flexibility index (Phi) is 51.4. The average Bonchev–Trinajstić information content (AvgIpc) is 1.71. The summed E-state index contributed by atoms with van der Waals surface area (Å²) < 4.78 is 42.3. The van der Waals surface area contributed by atoms with Gasteiger partial charge in [-0.25, -0.2) is 0 Å². The number of carbonyl (C=O) groups is 4. The number of aromatic nitrogens is 8. The second-order valence-corrected chi connectivity index (χ2v) is 26.7. The van der Waals surface area contributed by atoms with Gasteiger partial charge >= 0.3 is 5.97 Å². The van der Waals surface area contributed by atoms with Gasteiger partial charge in [-0.3, -0.25) is 19.2 Å². The number of ketones is 1. The molecule has 652 valence electrons. The minimum Gasteiger partial charge on any atom is -0.540 e. The Labute approximate surface area is 752 Å². The SMILES string of the molecule is CC(=O)Oc1c[c-]c(-c2nnc(-c3ccc(OC(C)=O)cc3)o2)cc1.CC(O)CC(C)O.CC(O)CC(C)O.CC(O)CC(C)O.CC(O)CC(C)O.COC(=O)c1c[c-]c(-c2nnc(-c3ccc(C(C)=O)cc3)o2)cc1.COc1c[c-]c(-c2nnc(-c3ccc(C)cc3)o2)cc1.Cc1ccc[c-]c1-c1nnc(-c2ccccc2C)o1.[Ir].[Ir].[Ir].[Ir]. The number of benzene rings is 8. The first-order valence-corrected chi connectivity index (χ1v) is 36.8. The first-order valence-electron chi connectivity index (χ1n) is 36.8. The van der Waals surface area contributed by atoms with Crippen molar-refractivity contribution in [2.75, 3.05) is 14.2 Å². The number of Topliss-reactive ketones (excluding diaryl/α,β-unsaturated/α-hetero) is 1. The van der Waals surface area contributed by atoms with Gasteiger partial charge in [-0.2, -0.15) is 20.4 Å². The van der Waals surface area contributed by atoms with E-state index in [1.54, 1.807) is 141 Å². The molecule has 8 unspecified atom stereocenters. The van der Waals surface area contributed by atoms with Gasteiger partial charge in [0.25, 0.3) is 11.9 Å². The van der Waals surface area contributed by atoms with Gasteiger partial charge in [-0.15, -0.1) is 123 Å². The Balaban J connectivity index is 0.000000717. The molecule has 0 amide bonds. The van der Waals surface area contributed by atoms with Crippen LogP contribution in [0, 0.1) is 45.0 Å². The van der Waals surface area contributed by atoms with Crippen molar-refractivity contribution in [3.8, 4) is 109 Å². The second-order valence-electron chi connectivity index (χ2n) is 26.7. The third-order valence-electron chi connectivity index (χ3n) is 15.3. The van der Waals surface area contributed by atoms with Crippen LogP contribution in [0.5, 0.6) is 17.2 Å². The summed E-state index contributed by atoms with van der Waals surface area (Å²) in [5.74, 6) is 3.57. The van der Waals surface area contributed by atoms with Crippen LogP contribution in [0.25, 0.3) is 91.6 Å². The number of aliphatic hydroxyl groups is 8. The number of ether oxygens (including phenoxy) is 4. The van der Waals surface area contributed by atoms with Crippen LogP contribution in [0.4, 0.5) is 0 Å².